The Morgan fingerprint density at radius 3 is 2.46 bits per heavy atom. The SMILES string of the molecule is O=CN1CCN(c2ncc3c(=O)c(C(=O)NC(C(=O)N[C@H]4CN(S(=O)(=O)O)C4=O)c4ccccc4)c[nH]c3n2)CC1. The van der Waals surface area contributed by atoms with Crippen LogP contribution in [0.1, 0.15) is 22.0 Å². The van der Waals surface area contributed by atoms with Crippen molar-refractivity contribution >= 4 is 51.4 Å². The van der Waals surface area contributed by atoms with E-state index in [9.17, 15) is 32.4 Å². The summed E-state index contributed by atoms with van der Waals surface area (Å²) in [5.41, 5.74) is -0.478. The predicted octanol–water partition coefficient (Wildman–Crippen LogP) is -1.80. The molecule has 2 fully saturated rings. The maximum Gasteiger partial charge on any atom is 0.362 e. The van der Waals surface area contributed by atoms with E-state index in [-0.39, 0.29) is 20.9 Å². The first-order valence-corrected chi connectivity index (χ1v) is 13.7. The highest BCUT2D eigenvalue weighted by Gasteiger charge is 2.45. The Balaban J connectivity index is 1.35. The summed E-state index contributed by atoms with van der Waals surface area (Å²) in [6.07, 6.45) is 3.24. The molecule has 0 saturated carbocycles. The number of aromatic amines is 1. The van der Waals surface area contributed by atoms with Crippen molar-refractivity contribution in [2.45, 2.75) is 12.1 Å². The second-order valence-electron chi connectivity index (χ2n) is 9.32. The van der Waals surface area contributed by atoms with E-state index in [1.165, 1.54) is 12.4 Å². The van der Waals surface area contributed by atoms with Gasteiger partial charge in [0, 0.05) is 38.6 Å². The van der Waals surface area contributed by atoms with Crippen molar-refractivity contribution in [2.24, 2.45) is 0 Å². The molecule has 2 aromatic heterocycles. The fraction of sp³-hybridized carbons (Fsp3) is 0.292. The molecule has 16 nitrogen and oxygen atoms in total. The summed E-state index contributed by atoms with van der Waals surface area (Å²) in [6.45, 7) is 1.56. The Kier molecular flexibility index (Phi) is 7.38. The molecule has 2 atom stereocenters. The number of anilines is 1. The van der Waals surface area contributed by atoms with Crippen LogP contribution in [0.3, 0.4) is 0 Å². The Bertz CT molecular complexity index is 1690. The van der Waals surface area contributed by atoms with Crippen molar-refractivity contribution in [3.8, 4) is 0 Å². The molecule has 1 unspecified atom stereocenters. The smallest absolute Gasteiger partial charge is 0.345 e. The molecule has 2 saturated heterocycles. The molecule has 0 spiro atoms. The van der Waals surface area contributed by atoms with Gasteiger partial charge in [-0.25, -0.2) is 9.29 Å². The maximum atomic E-state index is 13.2. The minimum Gasteiger partial charge on any atom is -0.345 e. The van der Waals surface area contributed by atoms with Crippen molar-refractivity contribution in [3.05, 3.63) is 64.1 Å². The number of piperazine rings is 1. The van der Waals surface area contributed by atoms with Gasteiger partial charge in [-0.1, -0.05) is 30.3 Å². The molecule has 214 valence electrons. The fourth-order valence-electron chi connectivity index (χ4n) is 4.47. The minimum atomic E-state index is -4.75. The van der Waals surface area contributed by atoms with E-state index in [1.54, 1.807) is 35.2 Å². The number of hydrogen-bond acceptors (Lipinski definition) is 10. The molecule has 1 aromatic carbocycles. The number of aromatic nitrogens is 3. The molecule has 2 aliphatic heterocycles. The van der Waals surface area contributed by atoms with Gasteiger partial charge in [-0.05, 0) is 5.56 Å². The normalized spacial score (nSPS) is 18.0. The van der Waals surface area contributed by atoms with Crippen LogP contribution in [0, 0.1) is 0 Å². The molecule has 3 aromatic rings. The summed E-state index contributed by atoms with van der Waals surface area (Å²) in [5, 5.41) is 4.89. The van der Waals surface area contributed by atoms with E-state index in [1.807, 2.05) is 4.90 Å². The quantitative estimate of drug-likeness (QED) is 0.132. The molecule has 5 rings (SSSR count). The highest BCUT2D eigenvalue weighted by atomic mass is 32.2. The maximum absolute atomic E-state index is 13.2. The Hall–Kier alpha value is -4.90. The molecule has 4 N–H and O–H groups in total. The number of H-pyrrole nitrogens is 1. The highest BCUT2D eigenvalue weighted by Crippen LogP contribution is 2.19. The van der Waals surface area contributed by atoms with Crippen LogP contribution in [-0.2, 0) is 24.7 Å². The number of hydrogen-bond donors (Lipinski definition) is 4. The van der Waals surface area contributed by atoms with Crippen LogP contribution in [-0.4, -0.2) is 100 Å². The van der Waals surface area contributed by atoms with Crippen molar-refractivity contribution in [1.29, 1.82) is 0 Å². The Morgan fingerprint density at radius 1 is 1.12 bits per heavy atom. The first kappa shape index (κ1) is 27.7. The summed E-state index contributed by atoms with van der Waals surface area (Å²) < 4.78 is 31.6. The fourth-order valence-corrected chi connectivity index (χ4v) is 5.16. The molecular formula is C24H24N8O8S. The lowest BCUT2D eigenvalue weighted by atomic mass is 10.0. The van der Waals surface area contributed by atoms with E-state index in [0.29, 0.717) is 37.7 Å². The standard InChI is InChI=1S/C24H24N8O8S/c33-13-30-6-8-31(9-7-30)24-26-10-15-19(34)16(11-25-20(15)29-24)21(35)28-18(14-4-2-1-3-5-14)22(36)27-17-12-32(23(17)37)41(38,39)40/h1-5,10-11,13,17-18H,6-9,12H2,(H,27,36)(H,28,35)(H,38,39,40)(H,25,26,29,34)/t17-,18?/m0/s1. The first-order valence-electron chi connectivity index (χ1n) is 12.3. The van der Waals surface area contributed by atoms with E-state index in [2.05, 4.69) is 25.6 Å². The molecule has 2 aliphatic rings. The zero-order valence-electron chi connectivity index (χ0n) is 21.3. The number of carbonyl (C=O) groups is 4. The van der Waals surface area contributed by atoms with Crippen LogP contribution in [0.2, 0.25) is 0 Å². The van der Waals surface area contributed by atoms with Crippen LogP contribution in [0.15, 0.2) is 47.5 Å². The van der Waals surface area contributed by atoms with E-state index < -0.39 is 52.1 Å². The largest absolute Gasteiger partial charge is 0.362 e. The van der Waals surface area contributed by atoms with Gasteiger partial charge in [0.05, 0.1) is 11.9 Å². The number of pyridine rings is 1. The number of nitrogens with one attached hydrogen (secondary N) is 3. The molecule has 0 bridgehead atoms. The summed E-state index contributed by atoms with van der Waals surface area (Å²) in [4.78, 5) is 77.5. The summed E-state index contributed by atoms with van der Waals surface area (Å²) in [6, 6.07) is 5.43. The van der Waals surface area contributed by atoms with Crippen molar-refractivity contribution in [1.82, 2.24) is 34.8 Å². The molecule has 17 heteroatoms. The molecule has 4 amide bonds. The summed E-state index contributed by atoms with van der Waals surface area (Å²) in [7, 11) is -4.75. The van der Waals surface area contributed by atoms with Crippen molar-refractivity contribution < 1.29 is 32.1 Å². The number of carbonyl (C=O) groups excluding carboxylic acids is 4. The van der Waals surface area contributed by atoms with Crippen molar-refractivity contribution in [2.75, 3.05) is 37.6 Å². The average molecular weight is 585 g/mol. The van der Waals surface area contributed by atoms with Crippen LogP contribution in [0.5, 0.6) is 0 Å². The van der Waals surface area contributed by atoms with E-state index >= 15 is 0 Å². The zero-order chi connectivity index (χ0) is 29.3. The van der Waals surface area contributed by atoms with Gasteiger partial charge in [0.2, 0.25) is 23.7 Å². The van der Waals surface area contributed by atoms with Crippen molar-refractivity contribution in [3.63, 3.8) is 0 Å². The summed E-state index contributed by atoms with van der Waals surface area (Å²) >= 11 is 0. The first-order chi connectivity index (χ1) is 19.6. The van der Waals surface area contributed by atoms with Gasteiger partial charge in [0.1, 0.15) is 23.3 Å². The lowest BCUT2D eigenvalue weighted by Gasteiger charge is -2.36. The zero-order valence-corrected chi connectivity index (χ0v) is 22.1. The van der Waals surface area contributed by atoms with Gasteiger partial charge < -0.3 is 25.4 Å². The van der Waals surface area contributed by atoms with Crippen LogP contribution in [0.4, 0.5) is 5.95 Å². The van der Waals surface area contributed by atoms with Crippen LogP contribution < -0.4 is 21.0 Å². The second-order valence-corrected chi connectivity index (χ2v) is 10.7. The van der Waals surface area contributed by atoms with Gasteiger partial charge in [-0.3, -0.25) is 28.5 Å². The number of β-lactam (4-membered cyclic amide) rings is 1. The number of rotatable bonds is 8. The molecule has 41 heavy (non-hydrogen) atoms. The number of amides is 4. The second kappa shape index (κ2) is 10.9. The van der Waals surface area contributed by atoms with Crippen LogP contribution >= 0.6 is 0 Å². The topological polar surface area (TPSA) is 215 Å². The van der Waals surface area contributed by atoms with Gasteiger partial charge in [-0.15, -0.1) is 0 Å². The number of nitrogens with zero attached hydrogens (tertiary/aromatic N) is 5. The monoisotopic (exact) mass is 584 g/mol. The van der Waals surface area contributed by atoms with Gasteiger partial charge in [-0.2, -0.15) is 13.4 Å². The molecular weight excluding hydrogens is 560 g/mol. The highest BCUT2D eigenvalue weighted by molar-refractivity contribution is 7.84. The molecule has 4 heterocycles. The van der Waals surface area contributed by atoms with Gasteiger partial charge in [0.15, 0.2) is 0 Å². The van der Waals surface area contributed by atoms with E-state index in [4.69, 9.17) is 4.55 Å². The third-order valence-electron chi connectivity index (χ3n) is 6.77. The lowest BCUT2D eigenvalue weighted by Crippen LogP contribution is -2.66. The van der Waals surface area contributed by atoms with E-state index in [0.717, 1.165) is 6.41 Å². The Morgan fingerprint density at radius 2 is 1.83 bits per heavy atom. The lowest BCUT2D eigenvalue weighted by molar-refractivity contribution is -0.141. The van der Waals surface area contributed by atoms with Gasteiger partial charge >= 0.3 is 10.3 Å². The molecule has 0 radical (unpaired) electrons. The minimum absolute atomic E-state index is 0.0407. The summed E-state index contributed by atoms with van der Waals surface area (Å²) in [5.74, 6) is -2.41. The third-order valence-corrected chi connectivity index (χ3v) is 7.65. The number of fused-ring (bicyclic) bond motifs is 1. The Labute approximate surface area is 232 Å². The van der Waals surface area contributed by atoms with Gasteiger partial charge in [0.25, 0.3) is 11.8 Å². The molecule has 0 aliphatic carbocycles. The van der Waals surface area contributed by atoms with Crippen LogP contribution in [0.25, 0.3) is 11.0 Å². The third kappa shape index (κ3) is 5.57. The average Bonchev–Trinajstić information content (AvgIpc) is 2.97. The number of benzene rings is 1. The predicted molar refractivity (Wildman–Crippen MR) is 142 cm³/mol.